The van der Waals surface area contributed by atoms with E-state index in [0.717, 1.165) is 18.4 Å². The van der Waals surface area contributed by atoms with Gasteiger partial charge in [-0.1, -0.05) is 48.5 Å². The van der Waals surface area contributed by atoms with Crippen molar-refractivity contribution in [3.63, 3.8) is 0 Å². The van der Waals surface area contributed by atoms with Crippen molar-refractivity contribution in [3.8, 4) is 5.75 Å². The minimum atomic E-state index is -0.798. The van der Waals surface area contributed by atoms with E-state index in [-0.39, 0.29) is 24.5 Å². The molecule has 5 heteroatoms. The number of ether oxygens (including phenoxy) is 2. The van der Waals surface area contributed by atoms with Crippen LogP contribution in [0.3, 0.4) is 0 Å². The van der Waals surface area contributed by atoms with Crippen molar-refractivity contribution in [2.75, 3.05) is 13.2 Å². The van der Waals surface area contributed by atoms with Gasteiger partial charge in [-0.15, -0.1) is 0 Å². The summed E-state index contributed by atoms with van der Waals surface area (Å²) in [4.78, 5) is 26.8. The number of carbonyl (C=O) groups is 2. The fraction of sp³-hybridized carbons (Fsp3) is 0.333. The SMILES string of the molecule is CCOC(=O)CN(C(=O)[C@@H](Oc1ccccc1)c1ccccc1)C1CC1. The van der Waals surface area contributed by atoms with E-state index < -0.39 is 6.10 Å². The Morgan fingerprint density at radius 2 is 1.65 bits per heavy atom. The van der Waals surface area contributed by atoms with Crippen LogP contribution in [0.4, 0.5) is 0 Å². The smallest absolute Gasteiger partial charge is 0.325 e. The van der Waals surface area contributed by atoms with Gasteiger partial charge in [-0.2, -0.15) is 0 Å². The summed E-state index contributed by atoms with van der Waals surface area (Å²) in [6.07, 6.45) is 1.00. The van der Waals surface area contributed by atoms with Gasteiger partial charge >= 0.3 is 5.97 Å². The molecule has 0 saturated heterocycles. The molecule has 5 nitrogen and oxygen atoms in total. The second-order valence-corrected chi connectivity index (χ2v) is 6.22. The Morgan fingerprint density at radius 1 is 1.04 bits per heavy atom. The predicted molar refractivity (Wildman–Crippen MR) is 97.6 cm³/mol. The Balaban J connectivity index is 1.84. The van der Waals surface area contributed by atoms with Crippen LogP contribution in [0.1, 0.15) is 31.4 Å². The van der Waals surface area contributed by atoms with E-state index in [0.29, 0.717) is 12.4 Å². The lowest BCUT2D eigenvalue weighted by Gasteiger charge is -2.27. The van der Waals surface area contributed by atoms with Crippen LogP contribution < -0.4 is 4.74 Å². The molecule has 1 aliphatic carbocycles. The maximum absolute atomic E-state index is 13.3. The van der Waals surface area contributed by atoms with E-state index in [1.807, 2.05) is 60.7 Å². The molecule has 136 valence electrons. The first-order chi connectivity index (χ1) is 12.7. The lowest BCUT2D eigenvalue weighted by atomic mass is 10.1. The molecular weight excluding hydrogens is 330 g/mol. The molecule has 2 aromatic carbocycles. The number of hydrogen-bond donors (Lipinski definition) is 0. The molecule has 1 fully saturated rings. The molecule has 0 aromatic heterocycles. The Bertz CT molecular complexity index is 728. The zero-order valence-electron chi connectivity index (χ0n) is 14.8. The molecular formula is C21H23NO4. The average molecular weight is 353 g/mol. The molecule has 1 saturated carbocycles. The number of hydrogen-bond acceptors (Lipinski definition) is 4. The number of esters is 1. The Hall–Kier alpha value is -2.82. The molecule has 0 unspecified atom stereocenters. The van der Waals surface area contributed by atoms with E-state index in [1.54, 1.807) is 11.8 Å². The van der Waals surface area contributed by atoms with Gasteiger partial charge in [-0.25, -0.2) is 0 Å². The molecule has 26 heavy (non-hydrogen) atoms. The number of nitrogens with zero attached hydrogens (tertiary/aromatic N) is 1. The molecule has 0 radical (unpaired) electrons. The summed E-state index contributed by atoms with van der Waals surface area (Å²) >= 11 is 0. The fourth-order valence-corrected chi connectivity index (χ4v) is 2.79. The van der Waals surface area contributed by atoms with Crippen LogP contribution in [0.15, 0.2) is 60.7 Å². The predicted octanol–water partition coefficient (Wildman–Crippen LogP) is 3.36. The third kappa shape index (κ3) is 4.63. The van der Waals surface area contributed by atoms with Crippen LogP contribution >= 0.6 is 0 Å². The monoisotopic (exact) mass is 353 g/mol. The second-order valence-electron chi connectivity index (χ2n) is 6.22. The van der Waals surface area contributed by atoms with Crippen molar-refractivity contribution in [2.24, 2.45) is 0 Å². The molecule has 2 aromatic rings. The number of rotatable bonds is 8. The van der Waals surface area contributed by atoms with Crippen LogP contribution in [0.2, 0.25) is 0 Å². The lowest BCUT2D eigenvalue weighted by molar-refractivity contribution is -0.152. The van der Waals surface area contributed by atoms with Crippen LogP contribution in [0.25, 0.3) is 0 Å². The summed E-state index contributed by atoms with van der Waals surface area (Å²) in [7, 11) is 0. The highest BCUT2D eigenvalue weighted by Crippen LogP contribution is 2.31. The zero-order valence-corrected chi connectivity index (χ0v) is 14.8. The molecule has 0 N–H and O–H groups in total. The Labute approximate surface area is 153 Å². The van der Waals surface area contributed by atoms with Gasteiger partial charge in [-0.3, -0.25) is 9.59 Å². The van der Waals surface area contributed by atoms with E-state index in [1.165, 1.54) is 0 Å². The molecule has 0 spiro atoms. The van der Waals surface area contributed by atoms with Gasteiger partial charge in [0.15, 0.2) is 0 Å². The average Bonchev–Trinajstić information content (AvgIpc) is 3.50. The van der Waals surface area contributed by atoms with E-state index in [9.17, 15) is 9.59 Å². The molecule has 1 amide bonds. The van der Waals surface area contributed by atoms with Gasteiger partial charge in [0.1, 0.15) is 12.3 Å². The molecule has 0 aliphatic heterocycles. The lowest BCUT2D eigenvalue weighted by Crippen LogP contribution is -2.42. The third-order valence-electron chi connectivity index (χ3n) is 4.20. The number of benzene rings is 2. The standard InChI is InChI=1S/C21H23NO4/c1-2-25-19(23)15-22(17-13-14-17)21(24)20(16-9-5-3-6-10-16)26-18-11-7-4-8-12-18/h3-12,17,20H,2,13-15H2,1H3/t20-/m0/s1. The Morgan fingerprint density at radius 3 is 2.23 bits per heavy atom. The number of amides is 1. The minimum absolute atomic E-state index is 0.0428. The van der Waals surface area contributed by atoms with E-state index in [4.69, 9.17) is 9.47 Å². The summed E-state index contributed by atoms with van der Waals surface area (Å²) in [5.41, 5.74) is 0.760. The largest absolute Gasteiger partial charge is 0.476 e. The maximum atomic E-state index is 13.3. The van der Waals surface area contributed by atoms with Gasteiger partial charge in [0, 0.05) is 11.6 Å². The van der Waals surface area contributed by atoms with Gasteiger partial charge in [-0.05, 0) is 31.9 Å². The van der Waals surface area contributed by atoms with Crippen molar-refractivity contribution in [2.45, 2.75) is 31.9 Å². The first-order valence-corrected chi connectivity index (χ1v) is 8.91. The zero-order chi connectivity index (χ0) is 18.4. The summed E-state index contributed by atoms with van der Waals surface area (Å²) in [6.45, 7) is 2.01. The normalized spacial score (nSPS) is 14.3. The molecule has 3 rings (SSSR count). The second kappa shape index (κ2) is 8.52. The maximum Gasteiger partial charge on any atom is 0.325 e. The van der Waals surface area contributed by atoms with Crippen molar-refractivity contribution < 1.29 is 19.1 Å². The van der Waals surface area contributed by atoms with Crippen molar-refractivity contribution in [3.05, 3.63) is 66.2 Å². The van der Waals surface area contributed by atoms with E-state index in [2.05, 4.69) is 0 Å². The summed E-state index contributed by atoms with van der Waals surface area (Å²) < 4.78 is 11.1. The van der Waals surface area contributed by atoms with Crippen molar-refractivity contribution in [1.29, 1.82) is 0 Å². The Kier molecular flexibility index (Phi) is 5.89. The van der Waals surface area contributed by atoms with Gasteiger partial charge in [0.05, 0.1) is 6.61 Å². The molecule has 0 heterocycles. The highest BCUT2D eigenvalue weighted by Gasteiger charge is 2.38. The highest BCUT2D eigenvalue weighted by atomic mass is 16.5. The minimum Gasteiger partial charge on any atom is -0.476 e. The van der Waals surface area contributed by atoms with Gasteiger partial charge in [0.25, 0.3) is 5.91 Å². The first-order valence-electron chi connectivity index (χ1n) is 8.91. The number of para-hydroxylation sites is 1. The van der Waals surface area contributed by atoms with Crippen LogP contribution in [-0.4, -0.2) is 36.0 Å². The molecule has 0 bridgehead atoms. The van der Waals surface area contributed by atoms with Gasteiger partial charge < -0.3 is 14.4 Å². The third-order valence-corrected chi connectivity index (χ3v) is 4.20. The fourth-order valence-electron chi connectivity index (χ4n) is 2.79. The van der Waals surface area contributed by atoms with Crippen molar-refractivity contribution in [1.82, 2.24) is 4.90 Å². The van der Waals surface area contributed by atoms with Crippen LogP contribution in [0.5, 0.6) is 5.75 Å². The summed E-state index contributed by atoms with van der Waals surface area (Å²) in [5, 5.41) is 0. The summed E-state index contributed by atoms with van der Waals surface area (Å²) in [5.74, 6) is 0.0106. The van der Waals surface area contributed by atoms with Gasteiger partial charge in [0.2, 0.25) is 6.10 Å². The quantitative estimate of drug-likeness (QED) is 0.683. The topological polar surface area (TPSA) is 55.8 Å². The van der Waals surface area contributed by atoms with Crippen LogP contribution in [-0.2, 0) is 14.3 Å². The molecule has 1 atom stereocenters. The van der Waals surface area contributed by atoms with Crippen LogP contribution in [0, 0.1) is 0 Å². The van der Waals surface area contributed by atoms with E-state index >= 15 is 0 Å². The molecule has 1 aliphatic rings. The summed E-state index contributed by atoms with van der Waals surface area (Å²) in [6, 6.07) is 18.7. The first kappa shape index (κ1) is 18.0. The highest BCUT2D eigenvalue weighted by molar-refractivity contribution is 5.87. The number of carbonyl (C=O) groups excluding carboxylic acids is 2. The van der Waals surface area contributed by atoms with Crippen molar-refractivity contribution >= 4 is 11.9 Å².